The molecule has 4 aromatic rings. The number of aryl methyl sites for hydroxylation is 1. The molecule has 0 fully saturated rings. The van der Waals surface area contributed by atoms with Crippen LogP contribution in [0.5, 0.6) is 0 Å². The maximum absolute atomic E-state index is 2.16. The molecule has 0 heteroatoms. The normalized spacial score (nSPS) is 9.80. The molecular formula is C25H22. The van der Waals surface area contributed by atoms with Gasteiger partial charge in [0, 0.05) is 0 Å². The van der Waals surface area contributed by atoms with Crippen LogP contribution >= 0.6 is 0 Å². The van der Waals surface area contributed by atoms with Crippen molar-refractivity contribution in [2.45, 2.75) is 6.92 Å². The predicted molar refractivity (Wildman–Crippen MR) is 108 cm³/mol. The van der Waals surface area contributed by atoms with E-state index in [1.165, 1.54) is 27.8 Å². The third-order valence-corrected chi connectivity index (χ3v) is 4.11. The van der Waals surface area contributed by atoms with Gasteiger partial charge in [0.2, 0.25) is 0 Å². The lowest BCUT2D eigenvalue weighted by Crippen LogP contribution is -1.80. The van der Waals surface area contributed by atoms with Gasteiger partial charge in [-0.1, -0.05) is 115 Å². The Hall–Kier alpha value is -3.12. The summed E-state index contributed by atoms with van der Waals surface area (Å²) in [6, 6.07) is 39.7. The number of benzene rings is 4. The van der Waals surface area contributed by atoms with Crippen LogP contribution in [0.1, 0.15) is 5.56 Å². The van der Waals surface area contributed by atoms with Crippen molar-refractivity contribution in [1.82, 2.24) is 0 Å². The third-order valence-electron chi connectivity index (χ3n) is 4.11. The largest absolute Gasteiger partial charge is 0.0622 e. The molecule has 0 bridgehead atoms. The average molecular weight is 322 g/mol. The van der Waals surface area contributed by atoms with Crippen molar-refractivity contribution >= 4 is 0 Å². The second-order valence-corrected chi connectivity index (χ2v) is 5.91. The van der Waals surface area contributed by atoms with Gasteiger partial charge >= 0.3 is 0 Å². The maximum Gasteiger partial charge on any atom is -0.0155 e. The molecule has 0 atom stereocenters. The molecule has 0 heterocycles. The molecule has 25 heavy (non-hydrogen) atoms. The standard InChI is InChI=1S/C13H12.C12H10/c1-11-7-5-6-10-13(11)12-8-3-2-4-9-12;1-3-7-11(8-4-1)12-9-5-2-6-10-12/h2-10H,1H3;1-10H. The molecule has 122 valence electrons. The fourth-order valence-electron chi connectivity index (χ4n) is 2.78. The zero-order chi connectivity index (χ0) is 17.3. The van der Waals surface area contributed by atoms with Crippen LogP contribution in [0.3, 0.4) is 0 Å². The van der Waals surface area contributed by atoms with Crippen LogP contribution in [0.15, 0.2) is 115 Å². The number of hydrogen-bond acceptors (Lipinski definition) is 0. The Kier molecular flexibility index (Phi) is 5.79. The Morgan fingerprint density at radius 3 is 1.16 bits per heavy atom. The fraction of sp³-hybridized carbons (Fsp3) is 0.0400. The highest BCUT2D eigenvalue weighted by atomic mass is 14.0. The molecular weight excluding hydrogens is 300 g/mol. The van der Waals surface area contributed by atoms with Crippen LogP contribution < -0.4 is 0 Å². The van der Waals surface area contributed by atoms with Gasteiger partial charge in [0.05, 0.1) is 0 Å². The molecule has 0 radical (unpaired) electrons. The Balaban J connectivity index is 0.000000146. The van der Waals surface area contributed by atoms with Crippen LogP contribution in [-0.2, 0) is 0 Å². The van der Waals surface area contributed by atoms with Crippen LogP contribution in [0.2, 0.25) is 0 Å². The summed E-state index contributed by atoms with van der Waals surface area (Å²) in [5.74, 6) is 0. The van der Waals surface area contributed by atoms with Crippen molar-refractivity contribution in [3.05, 3.63) is 121 Å². The van der Waals surface area contributed by atoms with E-state index in [9.17, 15) is 0 Å². The van der Waals surface area contributed by atoms with E-state index in [1.807, 2.05) is 18.2 Å². The highest BCUT2D eigenvalue weighted by Crippen LogP contribution is 2.22. The van der Waals surface area contributed by atoms with E-state index in [4.69, 9.17) is 0 Å². The van der Waals surface area contributed by atoms with E-state index in [1.54, 1.807) is 0 Å². The second-order valence-electron chi connectivity index (χ2n) is 5.91. The first-order valence-electron chi connectivity index (χ1n) is 8.56. The van der Waals surface area contributed by atoms with Gasteiger partial charge in [0.15, 0.2) is 0 Å². The van der Waals surface area contributed by atoms with Crippen molar-refractivity contribution in [1.29, 1.82) is 0 Å². The summed E-state index contributed by atoms with van der Waals surface area (Å²) < 4.78 is 0. The van der Waals surface area contributed by atoms with Crippen LogP contribution in [0.4, 0.5) is 0 Å². The lowest BCUT2D eigenvalue weighted by atomic mass is 10.0. The van der Waals surface area contributed by atoms with Crippen molar-refractivity contribution in [2.24, 2.45) is 0 Å². The van der Waals surface area contributed by atoms with E-state index in [-0.39, 0.29) is 0 Å². The minimum absolute atomic E-state index is 1.28. The topological polar surface area (TPSA) is 0 Å². The van der Waals surface area contributed by atoms with Crippen molar-refractivity contribution in [3.8, 4) is 22.3 Å². The summed E-state index contributed by atoms with van der Waals surface area (Å²) >= 11 is 0. The first-order chi connectivity index (χ1) is 12.3. The molecule has 0 amide bonds. The minimum atomic E-state index is 1.28. The van der Waals surface area contributed by atoms with Crippen LogP contribution in [0, 0.1) is 6.92 Å². The monoisotopic (exact) mass is 322 g/mol. The first kappa shape index (κ1) is 16.7. The first-order valence-corrected chi connectivity index (χ1v) is 8.56. The van der Waals surface area contributed by atoms with Gasteiger partial charge < -0.3 is 0 Å². The molecule has 0 saturated heterocycles. The van der Waals surface area contributed by atoms with E-state index in [0.29, 0.717) is 0 Å². The Morgan fingerprint density at radius 1 is 0.360 bits per heavy atom. The molecule has 0 spiro atoms. The average Bonchev–Trinajstić information content (AvgIpc) is 2.71. The van der Waals surface area contributed by atoms with Gasteiger partial charge in [-0.15, -0.1) is 0 Å². The van der Waals surface area contributed by atoms with Gasteiger partial charge in [0.25, 0.3) is 0 Å². The van der Waals surface area contributed by atoms with Gasteiger partial charge in [-0.2, -0.15) is 0 Å². The van der Waals surface area contributed by atoms with Crippen LogP contribution in [-0.4, -0.2) is 0 Å². The minimum Gasteiger partial charge on any atom is -0.0622 e. The smallest absolute Gasteiger partial charge is 0.0155 e. The highest BCUT2D eigenvalue weighted by Gasteiger charge is 1.97. The van der Waals surface area contributed by atoms with Crippen molar-refractivity contribution in [3.63, 3.8) is 0 Å². The van der Waals surface area contributed by atoms with E-state index >= 15 is 0 Å². The summed E-state index contributed by atoms with van der Waals surface area (Å²) in [5, 5.41) is 0. The van der Waals surface area contributed by atoms with Gasteiger partial charge in [-0.25, -0.2) is 0 Å². The van der Waals surface area contributed by atoms with E-state index in [0.717, 1.165) is 0 Å². The Morgan fingerprint density at radius 2 is 0.720 bits per heavy atom. The van der Waals surface area contributed by atoms with Gasteiger partial charge in [-0.3, -0.25) is 0 Å². The number of rotatable bonds is 2. The lowest BCUT2D eigenvalue weighted by Gasteiger charge is -2.04. The summed E-state index contributed by atoms with van der Waals surface area (Å²) in [4.78, 5) is 0. The Bertz CT molecular complexity index is 841. The van der Waals surface area contributed by atoms with Crippen LogP contribution in [0.25, 0.3) is 22.3 Å². The SMILES string of the molecule is Cc1ccccc1-c1ccccc1.c1ccc(-c2ccccc2)cc1. The molecule has 0 aromatic heterocycles. The summed E-state index contributed by atoms with van der Waals surface area (Å²) in [6.45, 7) is 2.14. The molecule has 4 aromatic carbocycles. The molecule has 0 N–H and O–H groups in total. The molecule has 0 nitrogen and oxygen atoms in total. The summed E-state index contributed by atoms with van der Waals surface area (Å²) in [6.07, 6.45) is 0. The predicted octanol–water partition coefficient (Wildman–Crippen LogP) is 7.02. The quantitative estimate of drug-likeness (QED) is 0.372. The van der Waals surface area contributed by atoms with Gasteiger partial charge in [-0.05, 0) is 34.7 Å². The molecule has 0 aliphatic heterocycles. The molecule has 0 saturated carbocycles. The van der Waals surface area contributed by atoms with Gasteiger partial charge in [0.1, 0.15) is 0 Å². The fourth-order valence-corrected chi connectivity index (χ4v) is 2.78. The molecule has 0 unspecified atom stereocenters. The highest BCUT2D eigenvalue weighted by molar-refractivity contribution is 5.66. The molecule has 0 aliphatic rings. The zero-order valence-corrected chi connectivity index (χ0v) is 14.5. The van der Waals surface area contributed by atoms with Crippen molar-refractivity contribution < 1.29 is 0 Å². The molecule has 0 aliphatic carbocycles. The summed E-state index contributed by atoms with van der Waals surface area (Å²) in [7, 11) is 0. The summed E-state index contributed by atoms with van der Waals surface area (Å²) in [5.41, 5.74) is 6.49. The lowest BCUT2D eigenvalue weighted by molar-refractivity contribution is 1.46. The Labute approximate surface area is 150 Å². The zero-order valence-electron chi connectivity index (χ0n) is 14.5. The third kappa shape index (κ3) is 4.68. The maximum atomic E-state index is 2.16. The van der Waals surface area contributed by atoms with E-state index in [2.05, 4.69) is 104 Å². The van der Waals surface area contributed by atoms with E-state index < -0.39 is 0 Å². The van der Waals surface area contributed by atoms with Crippen molar-refractivity contribution in [2.75, 3.05) is 0 Å². The number of hydrogen-bond donors (Lipinski definition) is 0. The molecule has 4 rings (SSSR count). The second kappa shape index (κ2) is 8.65.